The van der Waals surface area contributed by atoms with E-state index < -0.39 is 11.4 Å². The van der Waals surface area contributed by atoms with Crippen LogP contribution in [0.5, 0.6) is 0 Å². The van der Waals surface area contributed by atoms with Crippen molar-refractivity contribution >= 4 is 11.9 Å². The number of rotatable bonds is 4. The number of nitrogens with zero attached hydrogens (tertiary/aromatic N) is 2. The minimum absolute atomic E-state index is 0.0658. The smallest absolute Gasteiger partial charge is 0.309 e. The van der Waals surface area contributed by atoms with Crippen molar-refractivity contribution in [3.8, 4) is 0 Å². The molecule has 0 unspecified atom stereocenters. The van der Waals surface area contributed by atoms with Gasteiger partial charge in [-0.2, -0.15) is 5.10 Å². The largest absolute Gasteiger partial charge is 0.481 e. The SMILES string of the molecule is Cn1nc(C2CCCC2)cc1C(=O)NC12CCC(C(=O)O)(CC1)CC2. The van der Waals surface area contributed by atoms with E-state index in [1.54, 1.807) is 4.68 Å². The third-order valence-corrected chi connectivity index (χ3v) is 6.98. The fourth-order valence-electron chi connectivity index (χ4n) is 5.12. The van der Waals surface area contributed by atoms with Crippen LogP contribution in [0.1, 0.15) is 86.3 Å². The van der Waals surface area contributed by atoms with E-state index in [2.05, 4.69) is 10.4 Å². The van der Waals surface area contributed by atoms with Crippen molar-refractivity contribution in [2.75, 3.05) is 0 Å². The monoisotopic (exact) mass is 345 g/mol. The third kappa shape index (κ3) is 2.75. The lowest BCUT2D eigenvalue weighted by molar-refractivity contribution is -0.156. The van der Waals surface area contributed by atoms with E-state index >= 15 is 0 Å². The molecular formula is C19H27N3O3. The number of amides is 1. The van der Waals surface area contributed by atoms with Crippen LogP contribution in [-0.4, -0.2) is 32.3 Å². The number of hydrogen-bond acceptors (Lipinski definition) is 3. The van der Waals surface area contributed by atoms with Gasteiger partial charge >= 0.3 is 5.97 Å². The summed E-state index contributed by atoms with van der Waals surface area (Å²) in [6.07, 6.45) is 9.12. The molecule has 1 amide bonds. The molecule has 4 saturated carbocycles. The van der Waals surface area contributed by atoms with Crippen molar-refractivity contribution in [2.24, 2.45) is 12.5 Å². The molecule has 0 atom stereocenters. The van der Waals surface area contributed by atoms with E-state index in [4.69, 9.17) is 0 Å². The summed E-state index contributed by atoms with van der Waals surface area (Å²) in [6, 6.07) is 1.95. The van der Waals surface area contributed by atoms with Gasteiger partial charge in [0.25, 0.3) is 5.91 Å². The predicted octanol–water partition coefficient (Wildman–Crippen LogP) is 2.99. The molecule has 0 aromatic carbocycles. The first-order valence-electron chi connectivity index (χ1n) is 9.53. The molecular weight excluding hydrogens is 318 g/mol. The number of fused-ring (bicyclic) bond motifs is 3. The minimum Gasteiger partial charge on any atom is -0.481 e. The van der Waals surface area contributed by atoms with Crippen molar-refractivity contribution in [2.45, 2.75) is 75.7 Å². The van der Waals surface area contributed by atoms with E-state index in [1.807, 2.05) is 13.1 Å². The van der Waals surface area contributed by atoms with E-state index in [0.717, 1.165) is 25.0 Å². The highest BCUT2D eigenvalue weighted by Gasteiger charge is 2.53. The Morgan fingerprint density at radius 1 is 1.16 bits per heavy atom. The molecule has 5 rings (SSSR count). The summed E-state index contributed by atoms with van der Waals surface area (Å²) < 4.78 is 1.70. The second-order valence-electron chi connectivity index (χ2n) is 8.38. The number of carboxylic acids is 1. The molecule has 1 heterocycles. The number of nitrogens with one attached hydrogen (secondary N) is 1. The number of carbonyl (C=O) groups is 2. The average Bonchev–Trinajstić information content (AvgIpc) is 3.25. The zero-order valence-electron chi connectivity index (χ0n) is 14.9. The summed E-state index contributed by atoms with van der Waals surface area (Å²) in [7, 11) is 1.84. The van der Waals surface area contributed by atoms with E-state index in [1.165, 1.54) is 25.7 Å². The Morgan fingerprint density at radius 2 is 1.76 bits per heavy atom. The maximum Gasteiger partial charge on any atom is 0.309 e. The van der Waals surface area contributed by atoms with Crippen LogP contribution in [0.25, 0.3) is 0 Å². The molecule has 4 aliphatic rings. The van der Waals surface area contributed by atoms with Crippen molar-refractivity contribution in [3.05, 3.63) is 17.5 Å². The molecule has 0 radical (unpaired) electrons. The molecule has 2 bridgehead atoms. The Morgan fingerprint density at radius 3 is 2.32 bits per heavy atom. The van der Waals surface area contributed by atoms with Gasteiger partial charge in [-0.3, -0.25) is 14.3 Å². The van der Waals surface area contributed by atoms with Crippen LogP contribution < -0.4 is 5.32 Å². The van der Waals surface area contributed by atoms with Gasteiger partial charge in [0.2, 0.25) is 0 Å². The molecule has 4 fully saturated rings. The Bertz CT molecular complexity index is 678. The van der Waals surface area contributed by atoms with Gasteiger partial charge in [0.15, 0.2) is 0 Å². The summed E-state index contributed by atoms with van der Waals surface area (Å²) in [4.78, 5) is 24.4. The molecule has 0 aliphatic heterocycles. The number of hydrogen-bond donors (Lipinski definition) is 2. The van der Waals surface area contributed by atoms with E-state index in [-0.39, 0.29) is 11.4 Å². The summed E-state index contributed by atoms with van der Waals surface area (Å²) in [6.45, 7) is 0. The fourth-order valence-corrected chi connectivity index (χ4v) is 5.12. The molecule has 4 aliphatic carbocycles. The molecule has 25 heavy (non-hydrogen) atoms. The molecule has 6 heteroatoms. The van der Waals surface area contributed by atoms with Crippen molar-refractivity contribution in [1.29, 1.82) is 0 Å². The molecule has 136 valence electrons. The highest BCUT2D eigenvalue weighted by atomic mass is 16.4. The fraction of sp³-hybridized carbons (Fsp3) is 0.737. The molecule has 0 saturated heterocycles. The maximum atomic E-state index is 12.9. The lowest BCUT2D eigenvalue weighted by Crippen LogP contribution is -2.58. The number of carbonyl (C=O) groups excluding carboxylic acids is 1. The zero-order chi connectivity index (χ0) is 17.7. The Labute approximate surface area is 148 Å². The first-order chi connectivity index (χ1) is 11.9. The van der Waals surface area contributed by atoms with Crippen LogP contribution in [0.2, 0.25) is 0 Å². The second-order valence-corrected chi connectivity index (χ2v) is 8.38. The topological polar surface area (TPSA) is 84.2 Å². The van der Waals surface area contributed by atoms with Crippen LogP contribution in [0.4, 0.5) is 0 Å². The number of carboxylic acid groups (broad SMARTS) is 1. The summed E-state index contributed by atoms with van der Waals surface area (Å²) >= 11 is 0. The zero-order valence-corrected chi connectivity index (χ0v) is 14.9. The summed E-state index contributed by atoms with van der Waals surface area (Å²) in [5, 5.41) is 17.3. The molecule has 2 N–H and O–H groups in total. The van der Waals surface area contributed by atoms with E-state index in [0.29, 0.717) is 30.9 Å². The summed E-state index contributed by atoms with van der Waals surface area (Å²) in [5.41, 5.74) is 0.887. The number of aromatic nitrogens is 2. The summed E-state index contributed by atoms with van der Waals surface area (Å²) in [5.74, 6) is -0.240. The van der Waals surface area contributed by atoms with Gasteiger partial charge in [-0.15, -0.1) is 0 Å². The van der Waals surface area contributed by atoms with Crippen LogP contribution in [-0.2, 0) is 11.8 Å². The van der Waals surface area contributed by atoms with Gasteiger partial charge in [-0.05, 0) is 57.4 Å². The average molecular weight is 345 g/mol. The number of aryl methyl sites for hydroxylation is 1. The lowest BCUT2D eigenvalue weighted by Gasteiger charge is -2.51. The first kappa shape index (κ1) is 16.6. The standard InChI is InChI=1S/C19H27N3O3/c1-22-15(12-14(21-22)13-4-2-3-5-13)16(23)20-19-9-6-18(7-10-19,8-11-19)17(24)25/h12-13H,2-11H2,1H3,(H,20,23)(H,24,25). The van der Waals surface area contributed by atoms with Gasteiger partial charge in [-0.25, -0.2) is 0 Å². The number of aliphatic carboxylic acids is 1. The minimum atomic E-state index is -0.667. The van der Waals surface area contributed by atoms with E-state index in [9.17, 15) is 14.7 Å². The van der Waals surface area contributed by atoms with Gasteiger partial charge in [0.05, 0.1) is 11.1 Å². The van der Waals surface area contributed by atoms with Gasteiger partial charge in [0.1, 0.15) is 5.69 Å². The van der Waals surface area contributed by atoms with Gasteiger partial charge in [0, 0.05) is 18.5 Å². The quantitative estimate of drug-likeness (QED) is 0.878. The lowest BCUT2D eigenvalue weighted by atomic mass is 9.57. The Hall–Kier alpha value is -1.85. The van der Waals surface area contributed by atoms with Crippen LogP contribution in [0, 0.1) is 5.41 Å². The van der Waals surface area contributed by atoms with Crippen LogP contribution in [0.3, 0.4) is 0 Å². The van der Waals surface area contributed by atoms with Crippen molar-refractivity contribution < 1.29 is 14.7 Å². The highest BCUT2D eigenvalue weighted by molar-refractivity contribution is 5.93. The predicted molar refractivity (Wildman–Crippen MR) is 92.4 cm³/mol. The highest BCUT2D eigenvalue weighted by Crippen LogP contribution is 2.52. The van der Waals surface area contributed by atoms with Crippen LogP contribution in [0.15, 0.2) is 6.07 Å². The van der Waals surface area contributed by atoms with Crippen LogP contribution >= 0.6 is 0 Å². The maximum absolute atomic E-state index is 12.9. The van der Waals surface area contributed by atoms with Gasteiger partial charge < -0.3 is 10.4 Å². The Kier molecular flexibility index (Phi) is 3.89. The van der Waals surface area contributed by atoms with Crippen molar-refractivity contribution in [1.82, 2.24) is 15.1 Å². The third-order valence-electron chi connectivity index (χ3n) is 6.98. The first-order valence-corrected chi connectivity index (χ1v) is 9.53. The normalized spacial score (nSPS) is 32.0. The van der Waals surface area contributed by atoms with Crippen molar-refractivity contribution in [3.63, 3.8) is 0 Å². The second kappa shape index (κ2) is 5.85. The molecule has 6 nitrogen and oxygen atoms in total. The van der Waals surface area contributed by atoms with Gasteiger partial charge in [-0.1, -0.05) is 12.8 Å². The molecule has 1 aromatic heterocycles. The molecule has 1 aromatic rings. The molecule has 0 spiro atoms. The Balaban J connectivity index is 1.47.